The number of ether oxygens (including phenoxy) is 1. The quantitative estimate of drug-likeness (QED) is 0.279. The average Bonchev–Trinajstić information content (AvgIpc) is 2.02. The minimum absolute atomic E-state index is 0.681. The molecule has 3 atom stereocenters. The van der Waals surface area contributed by atoms with E-state index in [9.17, 15) is 0 Å². The molecule has 0 aliphatic heterocycles. The molecule has 6 heteroatoms. The van der Waals surface area contributed by atoms with Gasteiger partial charge < -0.3 is 30.3 Å². The van der Waals surface area contributed by atoms with Crippen molar-refractivity contribution in [3.05, 3.63) is 0 Å². The van der Waals surface area contributed by atoms with Crippen LogP contribution in [0, 0.1) is 0 Å². The molecule has 68 valence electrons. The van der Waals surface area contributed by atoms with Gasteiger partial charge in [0.2, 0.25) is 0 Å². The Morgan fingerprint density at radius 1 is 1.00 bits per heavy atom. The van der Waals surface area contributed by atoms with E-state index in [4.69, 9.17) is 25.5 Å². The maximum Gasteiger partial charge on any atom is 0.186 e. The second kappa shape index (κ2) is 5.42. The third kappa shape index (κ3) is 4.25. The zero-order valence-corrected chi connectivity index (χ0v) is 5.79. The molecule has 0 fully saturated rings. The van der Waals surface area contributed by atoms with E-state index in [1.807, 2.05) is 0 Å². The first-order valence-corrected chi connectivity index (χ1v) is 3.03. The molecule has 0 aliphatic rings. The van der Waals surface area contributed by atoms with Crippen LogP contribution in [0.4, 0.5) is 0 Å². The molecule has 0 aromatic carbocycles. The van der Waals surface area contributed by atoms with Crippen LogP contribution < -0.4 is 0 Å². The van der Waals surface area contributed by atoms with Crippen molar-refractivity contribution in [2.75, 3.05) is 13.2 Å². The van der Waals surface area contributed by atoms with Gasteiger partial charge >= 0.3 is 0 Å². The van der Waals surface area contributed by atoms with Crippen LogP contribution in [-0.2, 0) is 4.74 Å². The van der Waals surface area contributed by atoms with Crippen molar-refractivity contribution in [3.8, 4) is 0 Å². The highest BCUT2D eigenvalue weighted by atomic mass is 16.7. The van der Waals surface area contributed by atoms with Crippen LogP contribution in [0.1, 0.15) is 0 Å². The molecule has 0 heterocycles. The Labute approximate surface area is 63.3 Å². The van der Waals surface area contributed by atoms with Crippen LogP contribution in [0.25, 0.3) is 0 Å². The molecule has 0 saturated carbocycles. The molecule has 6 nitrogen and oxygen atoms in total. The first-order chi connectivity index (χ1) is 5.11. The lowest BCUT2D eigenvalue weighted by atomic mass is 10.4. The summed E-state index contributed by atoms with van der Waals surface area (Å²) in [6.07, 6.45) is -4.72. The number of rotatable bonds is 5. The molecule has 0 aromatic heterocycles. The normalized spacial score (nSPS) is 19.4. The summed E-state index contributed by atoms with van der Waals surface area (Å²) in [5, 5.41) is 42.4. The second-order valence-electron chi connectivity index (χ2n) is 1.91. The predicted octanol–water partition coefficient (Wildman–Crippen LogP) is -3.01. The minimum atomic E-state index is -1.69. The first kappa shape index (κ1) is 10.8. The van der Waals surface area contributed by atoms with Crippen LogP contribution in [0.3, 0.4) is 0 Å². The lowest BCUT2D eigenvalue weighted by Crippen LogP contribution is -2.36. The van der Waals surface area contributed by atoms with Crippen molar-refractivity contribution in [3.63, 3.8) is 0 Å². The molecule has 0 spiro atoms. The molecular formula is C5H12O6. The highest BCUT2D eigenvalue weighted by molar-refractivity contribution is 4.55. The number of aliphatic hydroxyl groups is 5. The summed E-state index contributed by atoms with van der Waals surface area (Å²) >= 11 is 0. The van der Waals surface area contributed by atoms with E-state index in [1.54, 1.807) is 0 Å². The highest BCUT2D eigenvalue weighted by Gasteiger charge is 2.18. The maximum atomic E-state index is 8.72. The van der Waals surface area contributed by atoms with E-state index >= 15 is 0 Å². The molecule has 0 amide bonds. The Balaban J connectivity index is 3.58. The van der Waals surface area contributed by atoms with E-state index in [-0.39, 0.29) is 0 Å². The third-order valence-electron chi connectivity index (χ3n) is 0.969. The highest BCUT2D eigenvalue weighted by Crippen LogP contribution is 1.97. The van der Waals surface area contributed by atoms with Crippen LogP contribution in [0.5, 0.6) is 0 Å². The van der Waals surface area contributed by atoms with Gasteiger partial charge in [-0.2, -0.15) is 0 Å². The molecule has 11 heavy (non-hydrogen) atoms. The van der Waals surface area contributed by atoms with Gasteiger partial charge in [0.15, 0.2) is 12.6 Å². The minimum Gasteiger partial charge on any atom is -0.393 e. The van der Waals surface area contributed by atoms with Crippen LogP contribution >= 0.6 is 0 Å². The summed E-state index contributed by atoms with van der Waals surface area (Å²) in [5.74, 6) is 0. The van der Waals surface area contributed by atoms with E-state index in [0.717, 1.165) is 0 Å². The van der Waals surface area contributed by atoms with Gasteiger partial charge in [-0.1, -0.05) is 0 Å². The summed E-state index contributed by atoms with van der Waals surface area (Å²) in [6, 6.07) is 0. The van der Waals surface area contributed by atoms with Gasteiger partial charge in [-0.3, -0.25) is 0 Å². The molecule has 0 saturated heterocycles. The molecule has 0 aromatic rings. The molecular weight excluding hydrogens is 156 g/mol. The average molecular weight is 168 g/mol. The van der Waals surface area contributed by atoms with Crippen molar-refractivity contribution in [2.45, 2.75) is 18.7 Å². The number of hydrogen-bond acceptors (Lipinski definition) is 6. The summed E-state index contributed by atoms with van der Waals surface area (Å²) in [6.45, 7) is -1.37. The molecule has 0 aliphatic carbocycles. The molecule has 0 rings (SSSR count). The smallest absolute Gasteiger partial charge is 0.186 e. The zero-order chi connectivity index (χ0) is 8.85. The Morgan fingerprint density at radius 3 is 1.91 bits per heavy atom. The fourth-order valence-electron chi connectivity index (χ4n) is 0.385. The predicted molar refractivity (Wildman–Crippen MR) is 33.3 cm³/mol. The molecule has 3 unspecified atom stereocenters. The van der Waals surface area contributed by atoms with Gasteiger partial charge in [0.1, 0.15) is 6.10 Å². The Kier molecular flexibility index (Phi) is 5.30. The first-order valence-electron chi connectivity index (χ1n) is 3.03. The van der Waals surface area contributed by atoms with Crippen molar-refractivity contribution in [1.29, 1.82) is 0 Å². The summed E-state index contributed by atoms with van der Waals surface area (Å²) < 4.78 is 4.20. The van der Waals surface area contributed by atoms with Crippen molar-refractivity contribution in [1.82, 2.24) is 0 Å². The Hall–Kier alpha value is -0.240. The van der Waals surface area contributed by atoms with Gasteiger partial charge in [-0.15, -0.1) is 0 Å². The zero-order valence-electron chi connectivity index (χ0n) is 5.79. The summed E-state index contributed by atoms with van der Waals surface area (Å²) in [4.78, 5) is 0. The van der Waals surface area contributed by atoms with Gasteiger partial charge in [0.25, 0.3) is 0 Å². The SMILES string of the molecule is OCC(O)OC(O)C(O)CO. The summed E-state index contributed by atoms with van der Waals surface area (Å²) in [5.41, 5.74) is 0. The second-order valence-corrected chi connectivity index (χ2v) is 1.91. The monoisotopic (exact) mass is 168 g/mol. The van der Waals surface area contributed by atoms with Gasteiger partial charge in [-0.25, -0.2) is 0 Å². The van der Waals surface area contributed by atoms with Gasteiger partial charge in [-0.05, 0) is 0 Å². The van der Waals surface area contributed by atoms with Crippen molar-refractivity contribution >= 4 is 0 Å². The Bertz CT molecular complexity index is 97.0. The van der Waals surface area contributed by atoms with Gasteiger partial charge in [0, 0.05) is 0 Å². The number of aliphatic hydroxyl groups excluding tert-OH is 5. The fourth-order valence-corrected chi connectivity index (χ4v) is 0.385. The Morgan fingerprint density at radius 2 is 1.55 bits per heavy atom. The largest absolute Gasteiger partial charge is 0.393 e. The summed E-state index contributed by atoms with van der Waals surface area (Å²) in [7, 11) is 0. The topological polar surface area (TPSA) is 110 Å². The van der Waals surface area contributed by atoms with Crippen molar-refractivity contribution in [2.24, 2.45) is 0 Å². The lowest BCUT2D eigenvalue weighted by molar-refractivity contribution is -0.252. The standard InChI is InChI=1S/C5H12O6/c6-1-3(8)5(10)11-4(9)2-7/h3-10H,1-2H2. The third-order valence-corrected chi connectivity index (χ3v) is 0.969. The molecule has 0 bridgehead atoms. The maximum absolute atomic E-state index is 8.72. The fraction of sp³-hybridized carbons (Fsp3) is 1.00. The van der Waals surface area contributed by atoms with E-state index in [1.165, 1.54) is 0 Å². The van der Waals surface area contributed by atoms with Crippen LogP contribution in [-0.4, -0.2) is 57.4 Å². The van der Waals surface area contributed by atoms with E-state index in [2.05, 4.69) is 4.74 Å². The number of hydrogen-bond donors (Lipinski definition) is 5. The lowest BCUT2D eigenvalue weighted by Gasteiger charge is -2.18. The van der Waals surface area contributed by atoms with Crippen LogP contribution in [0.15, 0.2) is 0 Å². The van der Waals surface area contributed by atoms with E-state index < -0.39 is 31.9 Å². The van der Waals surface area contributed by atoms with E-state index in [0.29, 0.717) is 0 Å². The molecule has 5 N–H and O–H groups in total. The van der Waals surface area contributed by atoms with Crippen molar-refractivity contribution < 1.29 is 30.3 Å². The molecule has 0 radical (unpaired) electrons. The van der Waals surface area contributed by atoms with Gasteiger partial charge in [0.05, 0.1) is 13.2 Å². The van der Waals surface area contributed by atoms with Crippen LogP contribution in [0.2, 0.25) is 0 Å².